The Morgan fingerprint density at radius 2 is 2.19 bits per heavy atom. The molecule has 1 saturated heterocycles. The van der Waals surface area contributed by atoms with Gasteiger partial charge in [-0.1, -0.05) is 6.92 Å². The second-order valence-electron chi connectivity index (χ2n) is 6.49. The van der Waals surface area contributed by atoms with Gasteiger partial charge in [0.1, 0.15) is 0 Å². The molecule has 118 valence electrons. The quantitative estimate of drug-likeness (QED) is 0.800. The summed E-state index contributed by atoms with van der Waals surface area (Å²) in [5.74, 6) is -1.28. The van der Waals surface area contributed by atoms with Gasteiger partial charge in [0.15, 0.2) is 0 Å². The number of rotatable bonds is 6. The molecule has 7 heteroatoms. The number of piperidine rings is 1. The largest absolute Gasteiger partial charge is 0.481 e. The first-order chi connectivity index (χ1) is 9.78. The maximum Gasteiger partial charge on any atom is 0.306 e. The van der Waals surface area contributed by atoms with Gasteiger partial charge in [-0.2, -0.15) is 5.26 Å². The van der Waals surface area contributed by atoms with E-state index in [1.54, 1.807) is 6.92 Å². The van der Waals surface area contributed by atoms with E-state index in [0.29, 0.717) is 32.4 Å². The summed E-state index contributed by atoms with van der Waals surface area (Å²) in [5.41, 5.74) is -0.667. The number of nitriles is 1. The molecule has 21 heavy (non-hydrogen) atoms. The number of aliphatic carboxylic acids is 1. The van der Waals surface area contributed by atoms with Crippen LogP contribution < -0.4 is 0 Å². The fraction of sp³-hybridized carbons (Fsp3) is 0.857. The molecule has 1 N–H and O–H groups in total. The van der Waals surface area contributed by atoms with Crippen LogP contribution in [0.1, 0.15) is 39.0 Å². The maximum absolute atomic E-state index is 12.4. The Morgan fingerprint density at radius 1 is 1.52 bits per heavy atom. The monoisotopic (exact) mass is 314 g/mol. The molecule has 0 aromatic carbocycles. The Labute approximate surface area is 125 Å². The van der Waals surface area contributed by atoms with E-state index >= 15 is 0 Å². The Morgan fingerprint density at radius 3 is 2.71 bits per heavy atom. The highest BCUT2D eigenvalue weighted by Gasteiger charge is 2.48. The smallest absolute Gasteiger partial charge is 0.306 e. The minimum Gasteiger partial charge on any atom is -0.481 e. The van der Waals surface area contributed by atoms with E-state index in [9.17, 15) is 13.2 Å². The van der Waals surface area contributed by atoms with Crippen LogP contribution in [0, 0.1) is 28.6 Å². The molecule has 2 unspecified atom stereocenters. The molecule has 0 amide bonds. The molecule has 0 spiro atoms. The second-order valence-corrected chi connectivity index (χ2v) is 8.46. The summed E-state index contributed by atoms with van der Waals surface area (Å²) in [6, 6.07) is 2.12. The first-order valence-corrected chi connectivity index (χ1v) is 9.01. The van der Waals surface area contributed by atoms with E-state index in [1.165, 1.54) is 4.31 Å². The molecular formula is C14H22N2O4S. The number of carboxylic acid groups (broad SMARTS) is 1. The first kappa shape index (κ1) is 16.2. The number of carboxylic acids is 1. The van der Waals surface area contributed by atoms with Gasteiger partial charge in [-0.25, -0.2) is 12.7 Å². The van der Waals surface area contributed by atoms with Gasteiger partial charge >= 0.3 is 5.97 Å². The van der Waals surface area contributed by atoms with E-state index in [2.05, 4.69) is 6.07 Å². The van der Waals surface area contributed by atoms with E-state index in [4.69, 9.17) is 10.4 Å². The summed E-state index contributed by atoms with van der Waals surface area (Å²) in [5, 5.41) is 18.0. The molecule has 1 heterocycles. The molecule has 1 saturated carbocycles. The highest BCUT2D eigenvalue weighted by atomic mass is 32.2. The van der Waals surface area contributed by atoms with Crippen LogP contribution in [0.4, 0.5) is 0 Å². The minimum atomic E-state index is -3.42. The lowest BCUT2D eigenvalue weighted by Gasteiger charge is -2.33. The van der Waals surface area contributed by atoms with Crippen LogP contribution in [-0.4, -0.2) is 42.6 Å². The van der Waals surface area contributed by atoms with Gasteiger partial charge in [0, 0.05) is 13.1 Å². The van der Waals surface area contributed by atoms with Gasteiger partial charge in [-0.05, 0) is 38.0 Å². The average Bonchev–Trinajstić information content (AvgIpc) is 3.18. The molecule has 0 radical (unpaired) electrons. The average molecular weight is 314 g/mol. The maximum atomic E-state index is 12.4. The Hall–Kier alpha value is -1.13. The SMILES string of the molecule is CC(CC1CCCN(S(=O)(=O)CC2(C#N)CC2)C1)C(=O)O. The van der Waals surface area contributed by atoms with Crippen molar-refractivity contribution in [2.24, 2.45) is 17.3 Å². The van der Waals surface area contributed by atoms with Crippen molar-refractivity contribution in [1.82, 2.24) is 4.31 Å². The van der Waals surface area contributed by atoms with Crippen LogP contribution in [0.15, 0.2) is 0 Å². The van der Waals surface area contributed by atoms with E-state index in [-0.39, 0.29) is 11.7 Å². The van der Waals surface area contributed by atoms with Crippen LogP contribution in [0.3, 0.4) is 0 Å². The molecule has 6 nitrogen and oxygen atoms in total. The summed E-state index contributed by atoms with van der Waals surface area (Å²) in [6.07, 6.45) is 3.46. The number of carbonyl (C=O) groups is 1. The van der Waals surface area contributed by atoms with Crippen molar-refractivity contribution in [3.8, 4) is 6.07 Å². The molecule has 0 bridgehead atoms. The van der Waals surface area contributed by atoms with Crippen molar-refractivity contribution in [3.05, 3.63) is 0 Å². The predicted molar refractivity (Wildman–Crippen MR) is 76.8 cm³/mol. The lowest BCUT2D eigenvalue weighted by molar-refractivity contribution is -0.141. The molecule has 1 aliphatic heterocycles. The summed E-state index contributed by atoms with van der Waals surface area (Å²) < 4.78 is 26.3. The van der Waals surface area contributed by atoms with Gasteiger partial charge in [0.25, 0.3) is 0 Å². The van der Waals surface area contributed by atoms with Gasteiger partial charge < -0.3 is 5.11 Å². The molecule has 0 aromatic rings. The van der Waals surface area contributed by atoms with Crippen molar-refractivity contribution in [2.75, 3.05) is 18.8 Å². The highest BCUT2D eigenvalue weighted by Crippen LogP contribution is 2.46. The molecule has 0 aromatic heterocycles. The zero-order chi connectivity index (χ0) is 15.7. The van der Waals surface area contributed by atoms with E-state index in [0.717, 1.165) is 12.8 Å². The molecule has 2 atom stereocenters. The summed E-state index contributed by atoms with van der Waals surface area (Å²) in [6.45, 7) is 2.54. The lowest BCUT2D eigenvalue weighted by Crippen LogP contribution is -2.43. The van der Waals surface area contributed by atoms with Gasteiger partial charge in [0.2, 0.25) is 10.0 Å². The van der Waals surface area contributed by atoms with Gasteiger partial charge in [0.05, 0.1) is 23.2 Å². The third-order valence-electron chi connectivity index (χ3n) is 4.53. The minimum absolute atomic E-state index is 0.0856. The van der Waals surface area contributed by atoms with Gasteiger partial charge in [-0.15, -0.1) is 0 Å². The Bertz CT molecular complexity index is 548. The van der Waals surface area contributed by atoms with Crippen molar-refractivity contribution >= 4 is 16.0 Å². The second kappa shape index (κ2) is 5.93. The van der Waals surface area contributed by atoms with Crippen molar-refractivity contribution < 1.29 is 18.3 Å². The number of sulfonamides is 1. The fourth-order valence-electron chi connectivity index (χ4n) is 2.95. The fourth-order valence-corrected chi connectivity index (χ4v) is 5.03. The van der Waals surface area contributed by atoms with E-state index in [1.807, 2.05) is 0 Å². The number of hydrogen-bond acceptors (Lipinski definition) is 4. The Kier molecular flexibility index (Phi) is 4.59. The summed E-state index contributed by atoms with van der Waals surface area (Å²) in [4.78, 5) is 10.9. The van der Waals surface area contributed by atoms with Crippen molar-refractivity contribution in [3.63, 3.8) is 0 Å². The third kappa shape index (κ3) is 3.95. The van der Waals surface area contributed by atoms with Crippen LogP contribution in [-0.2, 0) is 14.8 Å². The molecule has 2 rings (SSSR count). The van der Waals surface area contributed by atoms with Crippen LogP contribution in [0.2, 0.25) is 0 Å². The zero-order valence-electron chi connectivity index (χ0n) is 12.3. The van der Waals surface area contributed by atoms with Crippen LogP contribution in [0.5, 0.6) is 0 Å². The zero-order valence-corrected chi connectivity index (χ0v) is 13.1. The number of hydrogen-bond donors (Lipinski definition) is 1. The number of nitrogens with zero attached hydrogens (tertiary/aromatic N) is 2. The van der Waals surface area contributed by atoms with Crippen LogP contribution in [0.25, 0.3) is 0 Å². The normalized spacial score (nSPS) is 26.8. The standard InChI is InChI=1S/C14H22N2O4S/c1-11(13(17)18)7-12-3-2-6-16(8-12)21(19,20)10-14(9-15)4-5-14/h11-12H,2-8,10H2,1H3,(H,17,18). The lowest BCUT2D eigenvalue weighted by atomic mass is 9.90. The van der Waals surface area contributed by atoms with E-state index < -0.39 is 27.3 Å². The highest BCUT2D eigenvalue weighted by molar-refractivity contribution is 7.89. The molecular weight excluding hydrogens is 292 g/mol. The Balaban J connectivity index is 1.97. The molecule has 2 fully saturated rings. The molecule has 2 aliphatic rings. The summed E-state index contributed by atoms with van der Waals surface area (Å²) in [7, 11) is -3.42. The van der Waals surface area contributed by atoms with Crippen LogP contribution >= 0.6 is 0 Å². The predicted octanol–water partition coefficient (Wildman–Crippen LogP) is 1.44. The van der Waals surface area contributed by atoms with Crippen molar-refractivity contribution in [2.45, 2.75) is 39.0 Å². The first-order valence-electron chi connectivity index (χ1n) is 7.40. The van der Waals surface area contributed by atoms with Gasteiger partial charge in [-0.3, -0.25) is 4.79 Å². The topological polar surface area (TPSA) is 98.5 Å². The molecule has 1 aliphatic carbocycles. The third-order valence-corrected chi connectivity index (χ3v) is 6.57. The summed E-state index contributed by atoms with van der Waals surface area (Å²) >= 11 is 0. The van der Waals surface area contributed by atoms with Crippen molar-refractivity contribution in [1.29, 1.82) is 5.26 Å².